The van der Waals surface area contributed by atoms with Gasteiger partial charge in [0.15, 0.2) is 0 Å². The molecule has 4 heterocycles. The van der Waals surface area contributed by atoms with Crippen LogP contribution in [0.15, 0.2) is 40.0 Å². The third kappa shape index (κ3) is 3.79. The van der Waals surface area contributed by atoms with Crippen LogP contribution in [0, 0.1) is 0 Å². The first kappa shape index (κ1) is 22.7. The number of ether oxygens (including phenoxy) is 1. The number of aromatic amines is 1. The number of methoxy groups -OCH3 is 1. The van der Waals surface area contributed by atoms with Crippen LogP contribution in [0.1, 0.15) is 4.88 Å². The van der Waals surface area contributed by atoms with Gasteiger partial charge in [-0.05, 0) is 17.0 Å². The average Bonchev–Trinajstić information content (AvgIpc) is 3.50. The van der Waals surface area contributed by atoms with E-state index in [1.54, 1.807) is 17.5 Å². The number of aliphatic carboxylic acids is 1. The summed E-state index contributed by atoms with van der Waals surface area (Å²) < 4.78 is 17.0. The van der Waals surface area contributed by atoms with Gasteiger partial charge in [0, 0.05) is 18.6 Å². The van der Waals surface area contributed by atoms with Crippen LogP contribution in [0.3, 0.4) is 0 Å². The number of carboxylic acid groups (broad SMARTS) is 1. The molecule has 2 aromatic rings. The zero-order valence-corrected chi connectivity index (χ0v) is 19.5. The molecule has 0 saturated carbocycles. The Hall–Kier alpha value is -2.46. The number of fused-ring (bicyclic) bond motifs is 1. The predicted octanol–water partition coefficient (Wildman–Crippen LogP) is 0.105. The molecule has 0 radical (unpaired) electrons. The zero-order chi connectivity index (χ0) is 22.9. The van der Waals surface area contributed by atoms with Crippen LogP contribution < -0.4 is 5.32 Å². The van der Waals surface area contributed by atoms with Crippen LogP contribution in [0.25, 0.3) is 0 Å². The number of thiophene rings is 1. The molecule has 2 aromatic heterocycles. The number of carbonyl (C=O) groups is 3. The number of H-pyrrole nitrogens is 1. The molecule has 15 heteroatoms. The van der Waals surface area contributed by atoms with Gasteiger partial charge < -0.3 is 15.2 Å². The minimum Gasteiger partial charge on any atom is -0.477 e. The molecule has 2 atom stereocenters. The van der Waals surface area contributed by atoms with Crippen molar-refractivity contribution in [1.29, 1.82) is 0 Å². The number of aromatic nitrogens is 3. The lowest BCUT2D eigenvalue weighted by molar-refractivity contribution is -0.191. The van der Waals surface area contributed by atoms with Gasteiger partial charge >= 0.3 is 5.97 Å². The van der Waals surface area contributed by atoms with Gasteiger partial charge in [-0.1, -0.05) is 11.3 Å². The van der Waals surface area contributed by atoms with Crippen molar-refractivity contribution in [2.24, 2.45) is 0 Å². The van der Waals surface area contributed by atoms with Crippen molar-refractivity contribution in [3.8, 4) is 0 Å². The van der Waals surface area contributed by atoms with Gasteiger partial charge in [0.05, 0.1) is 11.1 Å². The average molecular weight is 514 g/mol. The fourth-order valence-electron chi connectivity index (χ4n) is 3.30. The van der Waals surface area contributed by atoms with E-state index < -0.39 is 28.9 Å². The number of thioether (sulfide) groups is 2. The Labute approximate surface area is 197 Å². The largest absolute Gasteiger partial charge is 0.477 e. The Balaban J connectivity index is 1.58. The summed E-state index contributed by atoms with van der Waals surface area (Å²) in [6, 6.07) is 3.32. The maximum atomic E-state index is 13.1. The lowest BCUT2D eigenvalue weighted by Gasteiger charge is -2.55. The first-order valence-corrected chi connectivity index (χ1v) is 12.6. The van der Waals surface area contributed by atoms with Gasteiger partial charge in [-0.3, -0.25) is 19.6 Å². The molecular weight excluding hydrogens is 498 g/mol. The summed E-state index contributed by atoms with van der Waals surface area (Å²) in [5, 5.41) is 23.9. The number of nitrogens with one attached hydrogen (secondary N) is 2. The monoisotopic (exact) mass is 513 g/mol. The van der Waals surface area contributed by atoms with Crippen molar-refractivity contribution < 1.29 is 28.4 Å². The van der Waals surface area contributed by atoms with Gasteiger partial charge in [-0.25, -0.2) is 9.00 Å². The van der Waals surface area contributed by atoms with E-state index in [1.807, 2.05) is 0 Å². The Morgan fingerprint density at radius 1 is 1.50 bits per heavy atom. The maximum absolute atomic E-state index is 13.1. The molecule has 4 rings (SSSR count). The molecule has 0 aromatic carbocycles. The first-order chi connectivity index (χ1) is 15.4. The lowest BCUT2D eigenvalue weighted by atomic mass is 9.98. The molecule has 2 aliphatic rings. The van der Waals surface area contributed by atoms with Gasteiger partial charge in [-0.2, -0.15) is 0 Å². The summed E-state index contributed by atoms with van der Waals surface area (Å²) >= 11 is 3.82. The second-order valence-electron chi connectivity index (χ2n) is 6.49. The highest BCUT2D eigenvalue weighted by Gasteiger charge is 2.66. The molecule has 1 saturated heterocycles. The fraction of sp³-hybridized carbons (Fsp3) is 0.294. The number of rotatable bonds is 8. The van der Waals surface area contributed by atoms with Crippen molar-refractivity contribution in [2.75, 3.05) is 18.6 Å². The van der Waals surface area contributed by atoms with Crippen molar-refractivity contribution >= 4 is 68.8 Å². The summed E-state index contributed by atoms with van der Waals surface area (Å²) in [7, 11) is 1.26. The topological polar surface area (TPSA) is 155 Å². The fourth-order valence-corrected chi connectivity index (χ4v) is 6.85. The Morgan fingerprint density at radius 2 is 2.31 bits per heavy atom. The molecule has 168 valence electrons. The number of hydrogen-bond donors (Lipinski definition) is 3. The highest BCUT2D eigenvalue weighted by atomic mass is 32.2. The summed E-state index contributed by atoms with van der Waals surface area (Å²) in [6.07, 6.45) is 1.51. The summed E-state index contributed by atoms with van der Waals surface area (Å²) in [5.74, 6) is -2.10. The third-order valence-corrected chi connectivity index (χ3v) is 8.73. The van der Waals surface area contributed by atoms with Gasteiger partial charge in [0.2, 0.25) is 0 Å². The molecular formula is C17H15N5O6S4. The highest BCUT2D eigenvalue weighted by Crippen LogP contribution is 2.47. The normalized spacial score (nSPS) is 22.2. The maximum Gasteiger partial charge on any atom is 0.352 e. The Morgan fingerprint density at radius 3 is 2.91 bits per heavy atom. The third-order valence-electron chi connectivity index (χ3n) is 4.76. The second kappa shape index (κ2) is 9.19. The predicted molar refractivity (Wildman–Crippen MR) is 119 cm³/mol. The van der Waals surface area contributed by atoms with Crippen LogP contribution in [0.4, 0.5) is 0 Å². The molecule has 2 amide bonds. The molecule has 0 unspecified atom stereocenters. The molecule has 11 nitrogen and oxygen atoms in total. The van der Waals surface area contributed by atoms with E-state index in [0.29, 0.717) is 27.0 Å². The number of β-lactam (4-membered cyclic amide) rings is 1. The van der Waals surface area contributed by atoms with Crippen molar-refractivity contribution in [3.05, 3.63) is 39.9 Å². The van der Waals surface area contributed by atoms with Crippen molar-refractivity contribution in [2.45, 2.75) is 16.1 Å². The Bertz CT molecular complexity index is 1140. The van der Waals surface area contributed by atoms with Gasteiger partial charge in [-0.15, -0.1) is 40.0 Å². The van der Waals surface area contributed by atoms with E-state index in [2.05, 4.69) is 20.7 Å². The number of carboxylic acids is 1. The standard InChI is InChI=1S/C17H15N5O6S4/c1-28-17(19-13(23)12(32-27)9-3-2-4-29-9)15(26)22-11(14(24)25)8(7-31-16(17)22)6-30-10-5-18-21-20-10/h2-5,16H,6-7H2,1H3,(H,19,23)(H,24,25)(H,18,20,21)/t16-,17+/m1/s1. The quantitative estimate of drug-likeness (QED) is 0.146. The van der Waals surface area contributed by atoms with E-state index in [-0.39, 0.29) is 21.8 Å². The van der Waals surface area contributed by atoms with Gasteiger partial charge in [0.25, 0.3) is 17.5 Å². The number of amides is 2. The minimum absolute atomic E-state index is 0.0216. The van der Waals surface area contributed by atoms with E-state index in [1.165, 1.54) is 48.2 Å². The summed E-state index contributed by atoms with van der Waals surface area (Å²) in [6.45, 7) is 0. The number of nitrogens with zero attached hydrogens (tertiary/aromatic N) is 3. The molecule has 2 aliphatic heterocycles. The number of hydrogen-bond acceptors (Lipinski definition) is 10. The van der Waals surface area contributed by atoms with Crippen LogP contribution in [0.5, 0.6) is 0 Å². The molecule has 32 heavy (non-hydrogen) atoms. The van der Waals surface area contributed by atoms with Crippen molar-refractivity contribution in [1.82, 2.24) is 25.6 Å². The zero-order valence-electron chi connectivity index (χ0n) is 16.3. The van der Waals surface area contributed by atoms with Crippen LogP contribution in [-0.2, 0) is 30.4 Å². The van der Waals surface area contributed by atoms with Crippen LogP contribution >= 0.6 is 34.9 Å². The van der Waals surface area contributed by atoms with Crippen LogP contribution in [0.2, 0.25) is 0 Å². The van der Waals surface area contributed by atoms with Crippen LogP contribution in [-0.4, -0.2) is 82.0 Å². The van der Waals surface area contributed by atoms with Gasteiger partial charge in [0.1, 0.15) is 32.2 Å². The SMILES string of the molecule is CO[C@@]1(NC(=O)C(=S=O)c2cccs2)C(=O)N2C(C(=O)O)=C(CSc3cnn[nH]3)CS[C@@H]21. The molecule has 0 aliphatic carbocycles. The van der Waals surface area contributed by atoms with E-state index in [4.69, 9.17) is 4.74 Å². The van der Waals surface area contributed by atoms with E-state index in [0.717, 1.165) is 4.90 Å². The summed E-state index contributed by atoms with van der Waals surface area (Å²) in [5.41, 5.74) is -1.36. The highest BCUT2D eigenvalue weighted by molar-refractivity contribution is 8.01. The first-order valence-electron chi connectivity index (χ1n) is 8.90. The van der Waals surface area contributed by atoms with E-state index in [9.17, 15) is 23.7 Å². The number of carbonyl (C=O) groups excluding carboxylic acids is 2. The smallest absolute Gasteiger partial charge is 0.352 e. The molecule has 0 bridgehead atoms. The molecule has 3 N–H and O–H groups in total. The van der Waals surface area contributed by atoms with E-state index >= 15 is 0 Å². The van der Waals surface area contributed by atoms with Crippen molar-refractivity contribution in [3.63, 3.8) is 0 Å². The Kier molecular flexibility index (Phi) is 6.52. The second-order valence-corrected chi connectivity index (χ2v) is 10.1. The minimum atomic E-state index is -1.77. The lowest BCUT2D eigenvalue weighted by Crippen LogP contribution is -2.81. The molecule has 0 spiro atoms. The summed E-state index contributed by atoms with van der Waals surface area (Å²) in [4.78, 5) is 39.4. The molecule has 1 fully saturated rings.